The minimum Gasteiger partial charge on any atom is -0.494 e. The molecule has 0 unspecified atom stereocenters. The van der Waals surface area contributed by atoms with Crippen molar-refractivity contribution >= 4 is 66.8 Å². The fourth-order valence-corrected chi connectivity index (χ4v) is 14.4. The fraction of sp³-hybridized carbons (Fsp3) is 0.758. The summed E-state index contributed by atoms with van der Waals surface area (Å²) in [4.78, 5) is 133. The summed E-state index contributed by atoms with van der Waals surface area (Å²) in [7, 11) is 0. The lowest BCUT2D eigenvalue weighted by molar-refractivity contribution is -0.150. The first-order chi connectivity index (χ1) is 60.6. The molecule has 0 bridgehead atoms. The molecular weight excluding hydrogens is 1610 g/mol. The molecule has 2 fully saturated rings. The topological polar surface area (TPSA) is 354 Å². The van der Waals surface area contributed by atoms with Crippen LogP contribution in [0.25, 0.3) is 0 Å². The van der Waals surface area contributed by atoms with E-state index in [1.807, 2.05) is 6.92 Å². The third-order valence-corrected chi connectivity index (χ3v) is 21.7. The number of benzene rings is 2. The third kappa shape index (κ3) is 59.9. The number of hydrogen-bond donors (Lipinski definition) is 0. The fourth-order valence-electron chi connectivity index (χ4n) is 14.4. The van der Waals surface area contributed by atoms with Crippen LogP contribution in [-0.4, -0.2) is 172 Å². The molecule has 29 nitrogen and oxygen atoms in total. The zero-order valence-corrected chi connectivity index (χ0v) is 74.9. The van der Waals surface area contributed by atoms with Gasteiger partial charge in [0.2, 0.25) is 0 Å². The lowest BCUT2D eigenvalue weighted by Crippen LogP contribution is -2.30. The number of hydrogen-bond acceptors (Lipinski definition) is 29. The van der Waals surface area contributed by atoms with Crippen molar-refractivity contribution in [1.82, 2.24) is 0 Å². The first-order valence-corrected chi connectivity index (χ1v) is 47.1. The third-order valence-electron chi connectivity index (χ3n) is 21.7. The Morgan fingerprint density at radius 2 is 0.492 bits per heavy atom. The molecule has 2 aliphatic rings. The second-order valence-corrected chi connectivity index (χ2v) is 32.2. The van der Waals surface area contributed by atoms with Crippen LogP contribution in [0.3, 0.4) is 0 Å². The van der Waals surface area contributed by atoms with E-state index in [1.165, 1.54) is 51.4 Å². The molecule has 2 aromatic rings. The Labute approximate surface area is 737 Å². The van der Waals surface area contributed by atoms with Gasteiger partial charge in [0, 0.05) is 6.42 Å². The highest BCUT2D eigenvalue weighted by atomic mass is 16.8. The number of carbonyl (C=O) groups excluding carboxylic acids is 11. The predicted molar refractivity (Wildman–Crippen MR) is 462 cm³/mol. The molecule has 0 spiro atoms. The maximum Gasteiger partial charge on any atom is 0.508 e. The van der Waals surface area contributed by atoms with Gasteiger partial charge in [-0.2, -0.15) is 0 Å². The van der Waals surface area contributed by atoms with Crippen molar-refractivity contribution in [3.8, 4) is 17.2 Å². The van der Waals surface area contributed by atoms with Gasteiger partial charge in [-0.3, -0.25) is 19.2 Å². The van der Waals surface area contributed by atoms with Crippen molar-refractivity contribution in [2.75, 3.05) is 106 Å². The second-order valence-electron chi connectivity index (χ2n) is 32.2. The molecule has 0 aliphatic heterocycles. The van der Waals surface area contributed by atoms with Gasteiger partial charge in [-0.25, -0.2) is 33.6 Å². The summed E-state index contributed by atoms with van der Waals surface area (Å²) in [5.41, 5.74) is 0.389. The molecule has 0 amide bonds. The normalized spacial score (nSPS) is 14.7. The minimum atomic E-state index is -0.727. The van der Waals surface area contributed by atoms with Gasteiger partial charge in [-0.1, -0.05) is 78.1 Å². The molecule has 0 aromatic heterocycles. The number of carbonyl (C=O) groups is 11. The summed E-state index contributed by atoms with van der Waals surface area (Å²) < 4.78 is 94.4. The summed E-state index contributed by atoms with van der Waals surface area (Å²) >= 11 is 0. The van der Waals surface area contributed by atoms with Crippen LogP contribution in [0.1, 0.15) is 345 Å². The highest BCUT2D eigenvalue weighted by molar-refractivity contribution is 5.91. The van der Waals surface area contributed by atoms with Gasteiger partial charge < -0.3 is 85.3 Å². The molecule has 0 heterocycles. The highest BCUT2D eigenvalue weighted by Gasteiger charge is 2.34. The van der Waals surface area contributed by atoms with E-state index >= 15 is 0 Å². The number of unbranched alkanes of at least 4 members (excludes halogenated alkanes) is 28. The molecule has 0 atom stereocenters. The summed E-state index contributed by atoms with van der Waals surface area (Å²) in [5, 5.41) is 0. The molecule has 0 N–H and O–H groups in total. The molecule has 704 valence electrons. The zero-order chi connectivity index (χ0) is 89.0. The van der Waals surface area contributed by atoms with Crippen molar-refractivity contribution in [1.29, 1.82) is 0 Å². The first kappa shape index (κ1) is 108. The van der Waals surface area contributed by atoms with Crippen LogP contribution in [-0.2, 0) is 90.2 Å². The summed E-state index contributed by atoms with van der Waals surface area (Å²) in [6, 6.07) is 13.5. The van der Waals surface area contributed by atoms with Crippen molar-refractivity contribution in [3.05, 3.63) is 54.1 Å². The van der Waals surface area contributed by atoms with E-state index in [2.05, 4.69) is 6.92 Å². The summed E-state index contributed by atoms with van der Waals surface area (Å²) in [6.45, 7) is 8.46. The smallest absolute Gasteiger partial charge is 0.494 e. The van der Waals surface area contributed by atoms with Crippen LogP contribution < -0.4 is 14.2 Å². The van der Waals surface area contributed by atoms with Gasteiger partial charge in [0.05, 0.1) is 130 Å². The monoisotopic (exact) mass is 1760 g/mol. The van der Waals surface area contributed by atoms with Crippen LogP contribution in [0, 0.1) is 23.7 Å². The van der Waals surface area contributed by atoms with Crippen LogP contribution in [0.2, 0.25) is 0 Å². The molecule has 2 aromatic carbocycles. The van der Waals surface area contributed by atoms with E-state index in [4.69, 9.17) is 85.3 Å². The quantitative estimate of drug-likeness (QED) is 0.0257. The van der Waals surface area contributed by atoms with Gasteiger partial charge >= 0.3 is 66.8 Å². The number of esters is 5. The summed E-state index contributed by atoms with van der Waals surface area (Å²) in [5.74, 6) is 2.14. The SMILES string of the molecule is CCCCCC1CCC(C2CCC(C(=O)Oc3ccc(OC(=O)c4ccc(OCCCCCCCCOC(=O)CCC(=O)OCCCCCCOC(=O)OCCCCCCOC(=O)OCCCCCCOC(=O)OCCCCCCOC(=O)OCCCCCCOC(=O)OCCCCCCOC(=O)OCCCCCCOC(=O)CCC)cc4)cc3)CC2)CC1. The van der Waals surface area contributed by atoms with Gasteiger partial charge in [0.15, 0.2) is 0 Å². The Balaban J connectivity index is 0.781. The lowest BCUT2D eigenvalue weighted by atomic mass is 9.68. The lowest BCUT2D eigenvalue weighted by Gasteiger charge is -2.37. The zero-order valence-electron chi connectivity index (χ0n) is 74.9. The molecule has 4 rings (SSSR count). The molecule has 124 heavy (non-hydrogen) atoms. The minimum absolute atomic E-state index is 0.0374. The Morgan fingerprint density at radius 3 is 0.782 bits per heavy atom. The molecule has 29 heteroatoms. The van der Waals surface area contributed by atoms with E-state index in [9.17, 15) is 52.7 Å². The van der Waals surface area contributed by atoms with Gasteiger partial charge in [0.1, 0.15) is 17.2 Å². The average molecular weight is 1760 g/mol. The van der Waals surface area contributed by atoms with Crippen molar-refractivity contribution in [2.24, 2.45) is 23.7 Å². The van der Waals surface area contributed by atoms with Crippen molar-refractivity contribution in [2.45, 2.75) is 335 Å². The van der Waals surface area contributed by atoms with Gasteiger partial charge in [-0.05, 0) is 304 Å². The Bertz CT molecular complexity index is 3130. The molecule has 0 saturated heterocycles. The highest BCUT2D eigenvalue weighted by Crippen LogP contribution is 2.43. The van der Waals surface area contributed by atoms with Gasteiger partial charge in [0.25, 0.3) is 0 Å². The average Bonchev–Trinajstić information content (AvgIpc) is 0.842. The maximum absolute atomic E-state index is 13.1. The van der Waals surface area contributed by atoms with Gasteiger partial charge in [-0.15, -0.1) is 0 Å². The molecule has 0 radical (unpaired) electrons. The number of rotatable bonds is 73. The maximum atomic E-state index is 13.1. The van der Waals surface area contributed by atoms with Crippen molar-refractivity contribution in [3.63, 3.8) is 0 Å². The van der Waals surface area contributed by atoms with E-state index in [0.717, 1.165) is 191 Å². The predicted octanol–water partition coefficient (Wildman–Crippen LogP) is 22.8. The van der Waals surface area contributed by atoms with E-state index in [1.54, 1.807) is 48.5 Å². The van der Waals surface area contributed by atoms with E-state index in [0.29, 0.717) is 126 Å². The van der Waals surface area contributed by atoms with Crippen LogP contribution in [0.15, 0.2) is 48.5 Å². The Kier molecular flexibility index (Phi) is 64.6. The van der Waals surface area contributed by atoms with E-state index in [-0.39, 0.29) is 117 Å². The Morgan fingerprint density at radius 1 is 0.242 bits per heavy atom. The Hall–Kier alpha value is -8.79. The molecule has 2 saturated carbocycles. The largest absolute Gasteiger partial charge is 0.508 e. The molecule has 2 aliphatic carbocycles. The standard InChI is InChI=1S/C95H150O29/c1-3-5-24-42-77-43-45-78(46-44-77)79-47-49-80(50-48-79)88(99)123-83-55-57-84(58-56-83)124-89(100)81-51-53-82(54-52-81)107-61-25-8-6-7-9-26-63-109-86(97)59-60-87(98)110-64-28-11-13-30-66-112-91(102)114-68-32-15-17-34-70-116-93(104)118-72-36-19-21-38-74-120-95(106)122-76-40-23-22-39-75-121-94(105)119-73-37-20-18-35-71-117-92(103)115-69-33-16-14-31-67-113-90(101)111-65-29-12-10-27-62-108-85(96)41-4-2/h51-58,77-80H,3-50,59-76H2,1-2H3. The van der Waals surface area contributed by atoms with E-state index < -0.39 is 54.8 Å². The van der Waals surface area contributed by atoms with Crippen LogP contribution in [0.4, 0.5) is 28.8 Å². The second kappa shape index (κ2) is 74.5. The van der Waals surface area contributed by atoms with Crippen LogP contribution >= 0.6 is 0 Å². The van der Waals surface area contributed by atoms with Crippen molar-refractivity contribution < 1.29 is 138 Å². The van der Waals surface area contributed by atoms with Crippen LogP contribution in [0.5, 0.6) is 17.2 Å². The first-order valence-electron chi connectivity index (χ1n) is 47.1. The summed E-state index contributed by atoms with van der Waals surface area (Å²) in [6.07, 6.45) is 37.5. The molecular formula is C95H150O29. The number of ether oxygens (including phenoxy) is 18.